The molecule has 1 unspecified atom stereocenters. The van der Waals surface area contributed by atoms with E-state index in [1.807, 2.05) is 13.0 Å². The standard InChI is InChI=1S/C17H25ClN2O2/c1-4-12-9-13(18)10-15(16(12)22-3)17(21)19-11-14-7-6-8-20(14)5-2/h9-10,14H,4-8,11H2,1-3H3,(H,19,21). The van der Waals surface area contributed by atoms with Crippen molar-refractivity contribution in [3.8, 4) is 5.75 Å². The molecule has 1 amide bonds. The molecule has 4 nitrogen and oxygen atoms in total. The highest BCUT2D eigenvalue weighted by molar-refractivity contribution is 6.31. The Kier molecular flexibility index (Phi) is 6.09. The summed E-state index contributed by atoms with van der Waals surface area (Å²) in [6.07, 6.45) is 3.12. The van der Waals surface area contributed by atoms with E-state index < -0.39 is 0 Å². The van der Waals surface area contributed by atoms with Crippen molar-refractivity contribution < 1.29 is 9.53 Å². The molecule has 1 aromatic carbocycles. The highest BCUT2D eigenvalue weighted by atomic mass is 35.5. The van der Waals surface area contributed by atoms with E-state index in [0.717, 1.165) is 31.5 Å². The minimum absolute atomic E-state index is 0.114. The molecule has 1 aliphatic rings. The van der Waals surface area contributed by atoms with Crippen LogP contribution in [0.5, 0.6) is 5.75 Å². The SMILES string of the molecule is CCc1cc(Cl)cc(C(=O)NCC2CCCN2CC)c1OC. The number of nitrogens with one attached hydrogen (secondary N) is 1. The topological polar surface area (TPSA) is 41.6 Å². The van der Waals surface area contributed by atoms with E-state index in [1.54, 1.807) is 13.2 Å². The third-order valence-corrected chi connectivity index (χ3v) is 4.58. The van der Waals surface area contributed by atoms with Gasteiger partial charge < -0.3 is 10.1 Å². The number of carbonyl (C=O) groups excluding carboxylic acids is 1. The number of ether oxygens (including phenoxy) is 1. The van der Waals surface area contributed by atoms with Gasteiger partial charge in [-0.1, -0.05) is 25.4 Å². The van der Waals surface area contributed by atoms with Gasteiger partial charge in [-0.05, 0) is 50.0 Å². The van der Waals surface area contributed by atoms with Crippen LogP contribution in [0.3, 0.4) is 0 Å². The number of methoxy groups -OCH3 is 1. The number of aryl methyl sites for hydroxylation is 1. The van der Waals surface area contributed by atoms with Crippen LogP contribution in [0.2, 0.25) is 5.02 Å². The third-order valence-electron chi connectivity index (χ3n) is 4.36. The second kappa shape index (κ2) is 7.84. The molecule has 5 heteroatoms. The van der Waals surface area contributed by atoms with Gasteiger partial charge in [-0.15, -0.1) is 0 Å². The number of halogens is 1. The Hall–Kier alpha value is -1.26. The summed E-state index contributed by atoms with van der Waals surface area (Å²) in [5.41, 5.74) is 1.48. The summed E-state index contributed by atoms with van der Waals surface area (Å²) in [6, 6.07) is 3.97. The number of hydrogen-bond donors (Lipinski definition) is 1. The first-order valence-electron chi connectivity index (χ1n) is 7.99. The number of likely N-dealkylation sites (N-methyl/N-ethyl adjacent to an activating group) is 1. The van der Waals surface area contributed by atoms with Crippen LogP contribution in [-0.4, -0.2) is 43.6 Å². The molecule has 1 atom stereocenters. The Bertz CT molecular complexity index is 534. The Balaban J connectivity index is 2.10. The second-order valence-corrected chi connectivity index (χ2v) is 6.07. The van der Waals surface area contributed by atoms with E-state index in [0.29, 0.717) is 28.9 Å². The van der Waals surface area contributed by atoms with E-state index in [2.05, 4.69) is 17.1 Å². The minimum atomic E-state index is -0.114. The maximum atomic E-state index is 12.5. The summed E-state index contributed by atoms with van der Waals surface area (Å²) in [7, 11) is 1.59. The first-order valence-corrected chi connectivity index (χ1v) is 8.37. The second-order valence-electron chi connectivity index (χ2n) is 5.63. The predicted molar refractivity (Wildman–Crippen MR) is 90.0 cm³/mol. The van der Waals surface area contributed by atoms with Crippen LogP contribution in [0.4, 0.5) is 0 Å². The number of hydrogen-bond acceptors (Lipinski definition) is 3. The van der Waals surface area contributed by atoms with Gasteiger partial charge in [-0.3, -0.25) is 9.69 Å². The molecule has 1 N–H and O–H groups in total. The maximum absolute atomic E-state index is 12.5. The molecule has 0 saturated carbocycles. The Morgan fingerprint density at radius 2 is 2.23 bits per heavy atom. The van der Waals surface area contributed by atoms with Crippen LogP contribution < -0.4 is 10.1 Å². The molecule has 0 spiro atoms. The van der Waals surface area contributed by atoms with Gasteiger partial charge in [0, 0.05) is 17.6 Å². The summed E-state index contributed by atoms with van der Waals surface area (Å²) < 4.78 is 5.43. The lowest BCUT2D eigenvalue weighted by atomic mass is 10.1. The summed E-state index contributed by atoms with van der Waals surface area (Å²) in [5, 5.41) is 3.61. The molecule has 1 aromatic rings. The van der Waals surface area contributed by atoms with Gasteiger partial charge in [0.2, 0.25) is 0 Å². The van der Waals surface area contributed by atoms with Gasteiger partial charge in [-0.2, -0.15) is 0 Å². The van der Waals surface area contributed by atoms with Crippen LogP contribution in [0.15, 0.2) is 12.1 Å². The molecule has 0 aliphatic carbocycles. The molecule has 1 fully saturated rings. The van der Waals surface area contributed by atoms with E-state index in [9.17, 15) is 4.79 Å². The van der Waals surface area contributed by atoms with E-state index >= 15 is 0 Å². The zero-order chi connectivity index (χ0) is 16.1. The molecule has 1 heterocycles. The van der Waals surface area contributed by atoms with E-state index in [4.69, 9.17) is 16.3 Å². The number of amides is 1. The Morgan fingerprint density at radius 1 is 1.45 bits per heavy atom. The van der Waals surface area contributed by atoms with Crippen molar-refractivity contribution in [1.29, 1.82) is 0 Å². The fourth-order valence-corrected chi connectivity index (χ4v) is 3.41. The average molecular weight is 325 g/mol. The molecule has 0 radical (unpaired) electrons. The molecular weight excluding hydrogens is 300 g/mol. The predicted octanol–water partition coefficient (Wildman–Crippen LogP) is 3.13. The fourth-order valence-electron chi connectivity index (χ4n) is 3.17. The van der Waals surface area contributed by atoms with Crippen LogP contribution in [-0.2, 0) is 6.42 Å². The van der Waals surface area contributed by atoms with Gasteiger partial charge in [0.05, 0.1) is 12.7 Å². The third kappa shape index (κ3) is 3.73. The molecule has 0 aromatic heterocycles. The molecule has 122 valence electrons. The lowest BCUT2D eigenvalue weighted by molar-refractivity contribution is 0.0938. The van der Waals surface area contributed by atoms with Gasteiger partial charge in [-0.25, -0.2) is 0 Å². The van der Waals surface area contributed by atoms with Crippen molar-refractivity contribution in [2.45, 2.75) is 39.2 Å². The Morgan fingerprint density at radius 3 is 2.86 bits per heavy atom. The lowest BCUT2D eigenvalue weighted by Crippen LogP contribution is -2.40. The minimum Gasteiger partial charge on any atom is -0.496 e. The smallest absolute Gasteiger partial charge is 0.255 e. The molecular formula is C17H25ClN2O2. The van der Waals surface area contributed by atoms with Gasteiger partial charge >= 0.3 is 0 Å². The van der Waals surface area contributed by atoms with Crippen LogP contribution >= 0.6 is 11.6 Å². The van der Waals surface area contributed by atoms with Gasteiger partial charge in [0.25, 0.3) is 5.91 Å². The normalized spacial score (nSPS) is 18.5. The van der Waals surface area contributed by atoms with Gasteiger partial charge in [0.1, 0.15) is 5.75 Å². The van der Waals surface area contributed by atoms with E-state index in [1.165, 1.54) is 6.42 Å². The average Bonchev–Trinajstić information content (AvgIpc) is 2.99. The van der Waals surface area contributed by atoms with Crippen molar-refractivity contribution in [2.75, 3.05) is 26.7 Å². The quantitative estimate of drug-likeness (QED) is 0.874. The van der Waals surface area contributed by atoms with Crippen LogP contribution in [0.1, 0.15) is 42.6 Å². The zero-order valence-electron chi connectivity index (χ0n) is 13.6. The van der Waals surface area contributed by atoms with Crippen LogP contribution in [0.25, 0.3) is 0 Å². The summed E-state index contributed by atoms with van der Waals surface area (Å²) in [5.74, 6) is 0.514. The number of rotatable bonds is 6. The Labute approximate surface area is 137 Å². The summed E-state index contributed by atoms with van der Waals surface area (Å²) in [6.45, 7) is 7.00. The summed E-state index contributed by atoms with van der Waals surface area (Å²) in [4.78, 5) is 14.9. The van der Waals surface area contributed by atoms with Crippen LogP contribution in [0, 0.1) is 0 Å². The maximum Gasteiger partial charge on any atom is 0.255 e. The van der Waals surface area contributed by atoms with Crippen molar-refractivity contribution in [1.82, 2.24) is 10.2 Å². The lowest BCUT2D eigenvalue weighted by Gasteiger charge is -2.23. The molecule has 1 saturated heterocycles. The monoisotopic (exact) mass is 324 g/mol. The van der Waals surface area contributed by atoms with Gasteiger partial charge in [0.15, 0.2) is 0 Å². The highest BCUT2D eigenvalue weighted by Crippen LogP contribution is 2.28. The molecule has 1 aliphatic heterocycles. The highest BCUT2D eigenvalue weighted by Gasteiger charge is 2.24. The van der Waals surface area contributed by atoms with Crippen molar-refractivity contribution in [3.05, 3.63) is 28.3 Å². The first kappa shape index (κ1) is 17.1. The number of likely N-dealkylation sites (tertiary alicyclic amines) is 1. The molecule has 2 rings (SSSR count). The van der Waals surface area contributed by atoms with Crippen molar-refractivity contribution in [2.24, 2.45) is 0 Å². The number of nitrogens with zero attached hydrogens (tertiary/aromatic N) is 1. The zero-order valence-corrected chi connectivity index (χ0v) is 14.4. The van der Waals surface area contributed by atoms with Crippen molar-refractivity contribution in [3.63, 3.8) is 0 Å². The summed E-state index contributed by atoms with van der Waals surface area (Å²) >= 11 is 6.13. The first-order chi connectivity index (χ1) is 10.6. The van der Waals surface area contributed by atoms with E-state index in [-0.39, 0.29) is 5.91 Å². The number of benzene rings is 1. The van der Waals surface area contributed by atoms with Crippen molar-refractivity contribution >= 4 is 17.5 Å². The number of carbonyl (C=O) groups is 1. The largest absolute Gasteiger partial charge is 0.496 e. The molecule has 0 bridgehead atoms. The molecule has 22 heavy (non-hydrogen) atoms. The fraction of sp³-hybridized carbons (Fsp3) is 0.588.